The third-order valence-corrected chi connectivity index (χ3v) is 2.79. The quantitative estimate of drug-likeness (QED) is 0.850. The maximum atomic E-state index is 6.11. The minimum atomic E-state index is -0.0657. The van der Waals surface area contributed by atoms with Crippen LogP contribution in [0.5, 0.6) is 0 Å². The van der Waals surface area contributed by atoms with Gasteiger partial charge < -0.3 is 5.73 Å². The molecular formula is C13H23N3. The average molecular weight is 221 g/mol. The summed E-state index contributed by atoms with van der Waals surface area (Å²) in [7, 11) is 0. The predicted molar refractivity (Wildman–Crippen MR) is 67.3 cm³/mol. The fourth-order valence-corrected chi connectivity index (χ4v) is 1.46. The van der Waals surface area contributed by atoms with Crippen LogP contribution >= 0.6 is 0 Å². The maximum Gasteiger partial charge on any atom is 0.145 e. The van der Waals surface area contributed by atoms with E-state index in [1.54, 1.807) is 0 Å². The van der Waals surface area contributed by atoms with Crippen LogP contribution in [0.15, 0.2) is 6.07 Å². The first kappa shape index (κ1) is 13.1. The van der Waals surface area contributed by atoms with E-state index in [1.165, 1.54) is 0 Å². The summed E-state index contributed by atoms with van der Waals surface area (Å²) in [6.45, 7) is 10.6. The molecule has 1 aromatic rings. The number of aromatic nitrogens is 2. The van der Waals surface area contributed by atoms with Crippen molar-refractivity contribution in [2.75, 3.05) is 0 Å². The van der Waals surface area contributed by atoms with Crippen LogP contribution in [0.4, 0.5) is 0 Å². The van der Waals surface area contributed by atoms with Gasteiger partial charge in [0.2, 0.25) is 0 Å². The van der Waals surface area contributed by atoms with E-state index in [1.807, 2.05) is 0 Å². The van der Waals surface area contributed by atoms with Crippen LogP contribution in [0.1, 0.15) is 63.8 Å². The Morgan fingerprint density at radius 2 is 1.81 bits per heavy atom. The molecule has 90 valence electrons. The van der Waals surface area contributed by atoms with Crippen molar-refractivity contribution < 1.29 is 0 Å². The van der Waals surface area contributed by atoms with Gasteiger partial charge in [0.05, 0.1) is 6.04 Å². The molecule has 3 heteroatoms. The normalized spacial score (nSPS) is 13.5. The zero-order chi connectivity index (χ0) is 12.3. The second kappa shape index (κ2) is 5.39. The van der Waals surface area contributed by atoms with E-state index in [4.69, 9.17) is 5.73 Å². The summed E-state index contributed by atoms with van der Waals surface area (Å²) in [5.74, 6) is 1.58. The highest BCUT2D eigenvalue weighted by Crippen LogP contribution is 2.19. The largest absolute Gasteiger partial charge is 0.321 e. The Morgan fingerprint density at radius 1 is 1.19 bits per heavy atom. The van der Waals surface area contributed by atoms with Gasteiger partial charge in [-0.05, 0) is 24.3 Å². The molecule has 0 saturated carbocycles. The Bertz CT molecular complexity index is 345. The first-order valence-corrected chi connectivity index (χ1v) is 6.09. The summed E-state index contributed by atoms with van der Waals surface area (Å²) in [6, 6.07) is 2.02. The molecule has 0 fully saturated rings. The van der Waals surface area contributed by atoms with Crippen LogP contribution in [0, 0.1) is 5.92 Å². The van der Waals surface area contributed by atoms with Crippen LogP contribution in [-0.4, -0.2) is 9.97 Å². The van der Waals surface area contributed by atoms with Gasteiger partial charge in [-0.3, -0.25) is 0 Å². The molecule has 0 aromatic carbocycles. The van der Waals surface area contributed by atoms with Gasteiger partial charge in [0.1, 0.15) is 5.82 Å². The molecule has 16 heavy (non-hydrogen) atoms. The zero-order valence-corrected chi connectivity index (χ0v) is 11.0. The van der Waals surface area contributed by atoms with Gasteiger partial charge in [0, 0.05) is 11.4 Å². The Labute approximate surface area is 98.5 Å². The van der Waals surface area contributed by atoms with Crippen molar-refractivity contribution in [3.05, 3.63) is 23.3 Å². The van der Waals surface area contributed by atoms with E-state index < -0.39 is 0 Å². The molecule has 0 spiro atoms. The Hall–Kier alpha value is -0.960. The molecule has 3 nitrogen and oxygen atoms in total. The summed E-state index contributed by atoms with van der Waals surface area (Å²) < 4.78 is 0. The first-order valence-electron chi connectivity index (χ1n) is 6.09. The van der Waals surface area contributed by atoms with Gasteiger partial charge in [-0.15, -0.1) is 0 Å². The lowest BCUT2D eigenvalue weighted by Gasteiger charge is -2.17. The molecule has 1 atom stereocenters. The van der Waals surface area contributed by atoms with Crippen molar-refractivity contribution >= 4 is 0 Å². The summed E-state index contributed by atoms with van der Waals surface area (Å²) in [4.78, 5) is 9.09. The molecule has 0 aliphatic heterocycles. The second-order valence-electron chi connectivity index (χ2n) is 4.92. The fraction of sp³-hybridized carbons (Fsp3) is 0.692. The lowest BCUT2D eigenvalue weighted by molar-refractivity contribution is 0.485. The molecule has 0 saturated heterocycles. The van der Waals surface area contributed by atoms with Crippen LogP contribution in [-0.2, 0) is 6.42 Å². The molecule has 2 N–H and O–H groups in total. The average Bonchev–Trinajstić information content (AvgIpc) is 2.27. The summed E-state index contributed by atoms with van der Waals surface area (Å²) in [5.41, 5.74) is 8.29. The highest BCUT2D eigenvalue weighted by atomic mass is 14.9. The Kier molecular flexibility index (Phi) is 4.42. The van der Waals surface area contributed by atoms with E-state index >= 15 is 0 Å². The lowest BCUT2D eigenvalue weighted by Crippen LogP contribution is -2.21. The van der Waals surface area contributed by atoms with Gasteiger partial charge in [-0.2, -0.15) is 0 Å². The maximum absolute atomic E-state index is 6.11. The summed E-state index contributed by atoms with van der Waals surface area (Å²) in [5, 5.41) is 0. The van der Waals surface area contributed by atoms with Crippen LogP contribution in [0.25, 0.3) is 0 Å². The number of rotatable bonds is 4. The molecule has 1 rings (SSSR count). The molecule has 0 aliphatic carbocycles. The second-order valence-corrected chi connectivity index (χ2v) is 4.92. The van der Waals surface area contributed by atoms with Gasteiger partial charge in [-0.1, -0.05) is 34.6 Å². The lowest BCUT2D eigenvalue weighted by atomic mass is 10.0. The van der Waals surface area contributed by atoms with Gasteiger partial charge >= 0.3 is 0 Å². The number of hydrogen-bond acceptors (Lipinski definition) is 3. The third kappa shape index (κ3) is 3.01. The van der Waals surface area contributed by atoms with Crippen molar-refractivity contribution in [1.82, 2.24) is 9.97 Å². The molecule has 0 radical (unpaired) electrons. The van der Waals surface area contributed by atoms with Gasteiger partial charge in [-0.25, -0.2) is 9.97 Å². The number of aryl methyl sites for hydroxylation is 1. The highest BCUT2D eigenvalue weighted by molar-refractivity contribution is 5.15. The van der Waals surface area contributed by atoms with Crippen LogP contribution < -0.4 is 5.73 Å². The minimum Gasteiger partial charge on any atom is -0.321 e. The minimum absolute atomic E-state index is 0.0657. The molecule has 0 amide bonds. The number of hydrogen-bond donors (Lipinski definition) is 1. The van der Waals surface area contributed by atoms with Crippen molar-refractivity contribution in [1.29, 1.82) is 0 Å². The zero-order valence-electron chi connectivity index (χ0n) is 11.0. The van der Waals surface area contributed by atoms with E-state index in [9.17, 15) is 0 Å². The topological polar surface area (TPSA) is 51.8 Å². The summed E-state index contributed by atoms with van der Waals surface area (Å²) in [6.07, 6.45) is 0.931. The van der Waals surface area contributed by atoms with Crippen molar-refractivity contribution in [2.24, 2.45) is 11.7 Å². The van der Waals surface area contributed by atoms with Crippen molar-refractivity contribution in [3.8, 4) is 0 Å². The number of nitrogens with two attached hydrogens (primary N) is 1. The first-order chi connectivity index (χ1) is 7.45. The Balaban J connectivity index is 3.13. The molecular weight excluding hydrogens is 198 g/mol. The molecule has 1 unspecified atom stereocenters. The van der Waals surface area contributed by atoms with Crippen molar-refractivity contribution in [2.45, 2.75) is 53.0 Å². The predicted octanol–water partition coefficient (Wildman–Crippen LogP) is 2.82. The SMILES string of the molecule is CCc1cc(C(C)C)nc(C(N)C(C)C)n1. The van der Waals surface area contributed by atoms with Crippen LogP contribution in [0.2, 0.25) is 0 Å². The molecule has 1 heterocycles. The smallest absolute Gasteiger partial charge is 0.145 e. The third-order valence-electron chi connectivity index (χ3n) is 2.79. The monoisotopic (exact) mass is 221 g/mol. The van der Waals surface area contributed by atoms with E-state index in [0.29, 0.717) is 11.8 Å². The van der Waals surface area contributed by atoms with Gasteiger partial charge in [0.15, 0.2) is 0 Å². The highest BCUT2D eigenvalue weighted by Gasteiger charge is 2.16. The van der Waals surface area contributed by atoms with E-state index in [2.05, 4.69) is 50.7 Å². The van der Waals surface area contributed by atoms with Crippen LogP contribution in [0.3, 0.4) is 0 Å². The number of nitrogens with zero attached hydrogens (tertiary/aromatic N) is 2. The molecule has 0 bridgehead atoms. The Morgan fingerprint density at radius 3 is 2.25 bits per heavy atom. The van der Waals surface area contributed by atoms with E-state index in [-0.39, 0.29) is 6.04 Å². The van der Waals surface area contributed by atoms with E-state index in [0.717, 1.165) is 23.6 Å². The van der Waals surface area contributed by atoms with Gasteiger partial charge in [0.25, 0.3) is 0 Å². The van der Waals surface area contributed by atoms with Crippen molar-refractivity contribution in [3.63, 3.8) is 0 Å². The standard InChI is InChI=1S/C13H23N3/c1-6-10-7-11(8(2)3)16-13(15-10)12(14)9(4)5/h7-9,12H,6,14H2,1-5H3. The molecule has 0 aliphatic rings. The fourth-order valence-electron chi connectivity index (χ4n) is 1.46. The summed E-state index contributed by atoms with van der Waals surface area (Å²) >= 11 is 0. The molecule has 1 aromatic heterocycles.